The van der Waals surface area contributed by atoms with Crippen LogP contribution in [0.3, 0.4) is 0 Å². The van der Waals surface area contributed by atoms with Crippen molar-refractivity contribution in [1.29, 1.82) is 0 Å². The van der Waals surface area contributed by atoms with E-state index in [2.05, 4.69) is 21.2 Å². The van der Waals surface area contributed by atoms with Crippen LogP contribution in [0.5, 0.6) is 0 Å². The van der Waals surface area contributed by atoms with Crippen molar-refractivity contribution in [3.05, 3.63) is 94.5 Å². The Morgan fingerprint density at radius 2 is 1.61 bits per heavy atom. The molecular weight excluding hydrogens is 566 g/mol. The van der Waals surface area contributed by atoms with E-state index in [1.807, 2.05) is 45.0 Å². The average molecular weight is 601 g/mol. The molecule has 0 bridgehead atoms. The first-order chi connectivity index (χ1) is 18.0. The van der Waals surface area contributed by atoms with Crippen LogP contribution in [-0.4, -0.2) is 43.8 Å². The van der Waals surface area contributed by atoms with Crippen LogP contribution in [0.1, 0.15) is 38.3 Å². The first-order valence-electron chi connectivity index (χ1n) is 12.5. The van der Waals surface area contributed by atoms with Gasteiger partial charge in [-0.05, 0) is 63.1 Å². The largest absolute Gasteiger partial charge is 0.352 e. The summed E-state index contributed by atoms with van der Waals surface area (Å²) in [5, 5.41) is 2.94. The summed E-state index contributed by atoms with van der Waals surface area (Å²) in [7, 11) is -4.08. The highest BCUT2D eigenvalue weighted by molar-refractivity contribution is 9.10. The molecule has 0 heterocycles. The van der Waals surface area contributed by atoms with Crippen molar-refractivity contribution >= 4 is 43.5 Å². The number of anilines is 1. The number of halogens is 1. The fraction of sp³-hybridized carbons (Fsp3) is 0.310. The van der Waals surface area contributed by atoms with E-state index in [9.17, 15) is 18.0 Å². The quantitative estimate of drug-likeness (QED) is 0.324. The molecule has 0 unspecified atom stereocenters. The van der Waals surface area contributed by atoms with Gasteiger partial charge in [-0.2, -0.15) is 0 Å². The number of sulfonamides is 1. The van der Waals surface area contributed by atoms with Crippen LogP contribution in [0.2, 0.25) is 0 Å². The molecule has 202 valence electrons. The first kappa shape index (κ1) is 29.4. The van der Waals surface area contributed by atoms with Crippen molar-refractivity contribution in [1.82, 2.24) is 10.2 Å². The zero-order valence-corrected chi connectivity index (χ0v) is 24.5. The highest BCUT2D eigenvalue weighted by Crippen LogP contribution is 2.27. The number of carbonyl (C=O) groups is 2. The van der Waals surface area contributed by atoms with E-state index < -0.39 is 28.5 Å². The monoisotopic (exact) mass is 599 g/mol. The topological polar surface area (TPSA) is 86.8 Å². The van der Waals surface area contributed by atoms with Crippen molar-refractivity contribution in [2.75, 3.05) is 10.8 Å². The second-order valence-corrected chi connectivity index (χ2v) is 12.1. The summed E-state index contributed by atoms with van der Waals surface area (Å²) in [5.74, 6) is -0.781. The molecule has 0 radical (unpaired) electrons. The van der Waals surface area contributed by atoms with E-state index in [-0.39, 0.29) is 23.4 Å². The highest BCUT2D eigenvalue weighted by Gasteiger charge is 2.32. The summed E-state index contributed by atoms with van der Waals surface area (Å²) in [6.07, 6.45) is 0.746. The molecule has 0 aromatic heterocycles. The van der Waals surface area contributed by atoms with Crippen LogP contribution >= 0.6 is 15.9 Å². The summed E-state index contributed by atoms with van der Waals surface area (Å²) in [6, 6.07) is 21.6. The second kappa shape index (κ2) is 13.1. The van der Waals surface area contributed by atoms with Crippen LogP contribution in [-0.2, 0) is 26.2 Å². The Balaban J connectivity index is 2.01. The number of hydrogen-bond donors (Lipinski definition) is 1. The smallest absolute Gasteiger partial charge is 0.264 e. The minimum Gasteiger partial charge on any atom is -0.352 e. The molecule has 9 heteroatoms. The molecule has 0 aliphatic heterocycles. The Hall–Kier alpha value is -3.17. The maximum Gasteiger partial charge on any atom is 0.264 e. The second-order valence-electron chi connectivity index (χ2n) is 9.31. The number of rotatable bonds is 11. The van der Waals surface area contributed by atoms with Gasteiger partial charge >= 0.3 is 0 Å². The van der Waals surface area contributed by atoms with E-state index in [1.165, 1.54) is 17.0 Å². The van der Waals surface area contributed by atoms with Gasteiger partial charge in [-0.25, -0.2) is 8.42 Å². The molecule has 0 spiro atoms. The standard InChI is InChI=1S/C29H34BrN3O4S/c1-5-22(3)31-29(35)23(4)32(19-24-16-14-21(2)15-17-24)28(34)20-33(26-11-9-10-25(30)18-26)38(36,37)27-12-7-6-8-13-27/h6-18,22-23H,5,19-20H2,1-4H3,(H,31,35)/t22-,23-/m1/s1. The van der Waals surface area contributed by atoms with E-state index in [1.54, 1.807) is 49.4 Å². The van der Waals surface area contributed by atoms with Gasteiger partial charge in [0, 0.05) is 17.1 Å². The third-order valence-corrected chi connectivity index (χ3v) is 8.63. The number of carbonyl (C=O) groups excluding carboxylic acids is 2. The van der Waals surface area contributed by atoms with Gasteiger partial charge in [-0.1, -0.05) is 76.9 Å². The Bertz CT molecular complexity index is 1350. The minimum absolute atomic E-state index is 0.0575. The zero-order chi connectivity index (χ0) is 27.9. The number of nitrogens with one attached hydrogen (secondary N) is 1. The van der Waals surface area contributed by atoms with Gasteiger partial charge in [0.05, 0.1) is 10.6 Å². The normalized spacial score (nSPS) is 12.9. The highest BCUT2D eigenvalue weighted by atomic mass is 79.9. The lowest BCUT2D eigenvalue weighted by atomic mass is 10.1. The van der Waals surface area contributed by atoms with Gasteiger partial charge in [-0.15, -0.1) is 0 Å². The number of aryl methyl sites for hydroxylation is 1. The maximum atomic E-state index is 13.9. The Morgan fingerprint density at radius 3 is 2.21 bits per heavy atom. The van der Waals surface area contributed by atoms with Crippen molar-refractivity contribution in [3.8, 4) is 0 Å². The summed E-state index contributed by atoms with van der Waals surface area (Å²) in [6.45, 7) is 7.19. The molecule has 7 nitrogen and oxygen atoms in total. The Kier molecular flexibility index (Phi) is 10.1. The van der Waals surface area contributed by atoms with Crippen LogP contribution in [0, 0.1) is 6.92 Å². The minimum atomic E-state index is -4.08. The zero-order valence-electron chi connectivity index (χ0n) is 22.1. The molecular formula is C29H34BrN3O4S. The number of amides is 2. The Labute approximate surface area is 234 Å². The van der Waals surface area contributed by atoms with Crippen LogP contribution in [0.25, 0.3) is 0 Å². The lowest BCUT2D eigenvalue weighted by Gasteiger charge is -2.32. The average Bonchev–Trinajstić information content (AvgIpc) is 2.91. The predicted octanol–water partition coefficient (Wildman–Crippen LogP) is 5.28. The first-order valence-corrected chi connectivity index (χ1v) is 14.7. The van der Waals surface area contributed by atoms with Crippen LogP contribution in [0.15, 0.2) is 88.2 Å². The van der Waals surface area contributed by atoms with E-state index in [0.717, 1.165) is 21.9 Å². The fourth-order valence-electron chi connectivity index (χ4n) is 3.82. The molecule has 38 heavy (non-hydrogen) atoms. The van der Waals surface area contributed by atoms with Gasteiger partial charge in [-0.3, -0.25) is 13.9 Å². The van der Waals surface area contributed by atoms with E-state index in [4.69, 9.17) is 0 Å². The molecule has 0 saturated carbocycles. The lowest BCUT2D eigenvalue weighted by molar-refractivity contribution is -0.139. The van der Waals surface area contributed by atoms with Crippen molar-refractivity contribution in [2.45, 2.75) is 57.6 Å². The van der Waals surface area contributed by atoms with Crippen molar-refractivity contribution in [2.24, 2.45) is 0 Å². The van der Waals surface area contributed by atoms with Gasteiger partial charge in [0.1, 0.15) is 12.6 Å². The van der Waals surface area contributed by atoms with Crippen LogP contribution < -0.4 is 9.62 Å². The lowest BCUT2D eigenvalue weighted by Crippen LogP contribution is -2.52. The predicted molar refractivity (Wildman–Crippen MR) is 154 cm³/mol. The number of benzene rings is 3. The van der Waals surface area contributed by atoms with Gasteiger partial charge in [0.15, 0.2) is 0 Å². The van der Waals surface area contributed by atoms with Gasteiger partial charge in [0.25, 0.3) is 10.0 Å². The number of hydrogen-bond acceptors (Lipinski definition) is 4. The Morgan fingerprint density at radius 1 is 0.947 bits per heavy atom. The molecule has 1 N–H and O–H groups in total. The third kappa shape index (κ3) is 7.45. The van der Waals surface area contributed by atoms with Crippen LogP contribution in [0.4, 0.5) is 5.69 Å². The summed E-state index contributed by atoms with van der Waals surface area (Å²) in [5.41, 5.74) is 2.25. The van der Waals surface area contributed by atoms with E-state index >= 15 is 0 Å². The maximum absolute atomic E-state index is 13.9. The fourth-order valence-corrected chi connectivity index (χ4v) is 5.63. The molecule has 3 rings (SSSR count). The summed E-state index contributed by atoms with van der Waals surface area (Å²) < 4.78 is 29.3. The molecule has 0 aliphatic carbocycles. The molecule has 0 aliphatic rings. The molecule has 0 saturated heterocycles. The SMILES string of the molecule is CC[C@@H](C)NC(=O)[C@@H](C)N(Cc1ccc(C)cc1)C(=O)CN(c1cccc(Br)c1)S(=O)(=O)c1ccccc1. The molecule has 2 amide bonds. The molecule has 3 aromatic rings. The summed E-state index contributed by atoms with van der Waals surface area (Å²) >= 11 is 3.40. The molecule has 2 atom stereocenters. The summed E-state index contributed by atoms with van der Waals surface area (Å²) in [4.78, 5) is 28.5. The molecule has 0 fully saturated rings. The van der Waals surface area contributed by atoms with E-state index in [0.29, 0.717) is 10.2 Å². The van der Waals surface area contributed by atoms with Crippen molar-refractivity contribution < 1.29 is 18.0 Å². The third-order valence-electron chi connectivity index (χ3n) is 6.35. The van der Waals surface area contributed by atoms with Gasteiger partial charge < -0.3 is 10.2 Å². The number of nitrogens with zero attached hydrogens (tertiary/aromatic N) is 2. The van der Waals surface area contributed by atoms with Gasteiger partial charge in [0.2, 0.25) is 11.8 Å². The molecule has 3 aromatic carbocycles. The van der Waals surface area contributed by atoms with Crippen molar-refractivity contribution in [3.63, 3.8) is 0 Å².